The van der Waals surface area contributed by atoms with Crippen molar-refractivity contribution in [3.8, 4) is 0 Å². The second-order valence-corrected chi connectivity index (χ2v) is 5.53. The fourth-order valence-corrected chi connectivity index (χ4v) is 2.24. The molecule has 0 amide bonds. The van der Waals surface area contributed by atoms with Gasteiger partial charge in [0.05, 0.1) is 0 Å². The number of hydrogen-bond donors (Lipinski definition) is 1. The standard InChI is InChI=1S/C12H14ClF3N2O2S/c1-18(6-7-20-8-19)21-17-11(12(14,15)16)9-2-4-10(13)5-3-9/h2-5,8,11,17H,6-7H2,1H3. The second kappa shape index (κ2) is 8.47. The summed E-state index contributed by atoms with van der Waals surface area (Å²) in [6, 6.07) is 3.63. The van der Waals surface area contributed by atoms with Crippen molar-refractivity contribution in [2.24, 2.45) is 0 Å². The number of nitrogens with one attached hydrogen (secondary N) is 1. The zero-order chi connectivity index (χ0) is 15.9. The lowest BCUT2D eigenvalue weighted by Crippen LogP contribution is -2.33. The Labute approximate surface area is 129 Å². The van der Waals surface area contributed by atoms with Crippen LogP contribution < -0.4 is 4.72 Å². The van der Waals surface area contributed by atoms with Crippen molar-refractivity contribution >= 4 is 30.2 Å². The molecule has 0 aromatic heterocycles. The normalized spacial score (nSPS) is 13.2. The molecule has 0 saturated heterocycles. The molecule has 1 aromatic carbocycles. The summed E-state index contributed by atoms with van der Waals surface area (Å²) < 4.78 is 47.5. The molecule has 9 heteroatoms. The van der Waals surface area contributed by atoms with E-state index in [1.54, 1.807) is 7.05 Å². The van der Waals surface area contributed by atoms with E-state index >= 15 is 0 Å². The van der Waals surface area contributed by atoms with Crippen LogP contribution in [0.4, 0.5) is 13.2 Å². The molecule has 118 valence electrons. The molecule has 1 atom stereocenters. The van der Waals surface area contributed by atoms with Crippen molar-refractivity contribution < 1.29 is 22.7 Å². The van der Waals surface area contributed by atoms with Crippen LogP contribution in [0.3, 0.4) is 0 Å². The van der Waals surface area contributed by atoms with Crippen molar-refractivity contribution in [2.45, 2.75) is 12.2 Å². The molecule has 1 unspecified atom stereocenters. The Morgan fingerprint density at radius 1 is 1.43 bits per heavy atom. The highest BCUT2D eigenvalue weighted by Gasteiger charge is 2.41. The minimum Gasteiger partial charge on any atom is -0.466 e. The van der Waals surface area contributed by atoms with Crippen LogP contribution in [0, 0.1) is 0 Å². The lowest BCUT2D eigenvalue weighted by molar-refractivity contribution is -0.152. The molecular weight excluding hydrogens is 329 g/mol. The first-order valence-corrected chi connectivity index (χ1v) is 7.00. The zero-order valence-corrected chi connectivity index (χ0v) is 12.6. The highest BCUT2D eigenvalue weighted by atomic mass is 35.5. The number of likely N-dealkylation sites (N-methyl/N-ethyl adjacent to an activating group) is 1. The molecule has 4 nitrogen and oxygen atoms in total. The number of halogens is 4. The van der Waals surface area contributed by atoms with Crippen LogP contribution in [0.15, 0.2) is 24.3 Å². The molecule has 0 aliphatic carbocycles. The third kappa shape index (κ3) is 6.56. The summed E-state index contributed by atoms with van der Waals surface area (Å²) >= 11 is 6.47. The zero-order valence-electron chi connectivity index (χ0n) is 11.1. The highest BCUT2D eigenvalue weighted by molar-refractivity contribution is 7.95. The van der Waals surface area contributed by atoms with E-state index in [9.17, 15) is 18.0 Å². The number of carbonyl (C=O) groups excluding carboxylic acids is 1. The molecular formula is C12H14ClF3N2O2S. The summed E-state index contributed by atoms with van der Waals surface area (Å²) in [4.78, 5) is 9.97. The minimum absolute atomic E-state index is 0.0666. The van der Waals surface area contributed by atoms with Crippen molar-refractivity contribution in [3.05, 3.63) is 34.9 Å². The number of alkyl halides is 3. The molecule has 21 heavy (non-hydrogen) atoms. The van der Waals surface area contributed by atoms with E-state index in [0.717, 1.165) is 12.1 Å². The van der Waals surface area contributed by atoms with Crippen LogP contribution in [-0.4, -0.2) is 37.2 Å². The Hall–Kier alpha value is -0.960. The van der Waals surface area contributed by atoms with E-state index in [1.165, 1.54) is 28.6 Å². The van der Waals surface area contributed by atoms with Crippen LogP contribution >= 0.6 is 23.7 Å². The van der Waals surface area contributed by atoms with Gasteiger partial charge in [-0.05, 0) is 24.7 Å². The number of benzene rings is 1. The van der Waals surface area contributed by atoms with Crippen molar-refractivity contribution in [1.82, 2.24) is 9.03 Å². The number of ether oxygens (including phenoxy) is 1. The third-order valence-electron chi connectivity index (χ3n) is 2.45. The number of hydrogen-bond acceptors (Lipinski definition) is 5. The summed E-state index contributed by atoms with van der Waals surface area (Å²) in [6.07, 6.45) is -4.44. The summed E-state index contributed by atoms with van der Waals surface area (Å²) in [5.41, 5.74) is 0.0666. The summed E-state index contributed by atoms with van der Waals surface area (Å²) in [7, 11) is 1.58. The van der Waals surface area contributed by atoms with Gasteiger partial charge in [-0.3, -0.25) is 4.79 Å². The average molecular weight is 343 g/mol. The van der Waals surface area contributed by atoms with Crippen LogP contribution in [0.1, 0.15) is 11.6 Å². The maximum atomic E-state index is 13.1. The Balaban J connectivity index is 2.63. The van der Waals surface area contributed by atoms with E-state index in [1.807, 2.05) is 0 Å². The molecule has 0 saturated carbocycles. The summed E-state index contributed by atoms with van der Waals surface area (Å²) in [6.45, 7) is 0.687. The first kappa shape index (κ1) is 18.1. The van der Waals surface area contributed by atoms with E-state index in [4.69, 9.17) is 11.6 Å². The quantitative estimate of drug-likeness (QED) is 0.446. The topological polar surface area (TPSA) is 41.6 Å². The Kier molecular flexibility index (Phi) is 7.30. The number of nitrogens with zero attached hydrogens (tertiary/aromatic N) is 1. The third-order valence-corrected chi connectivity index (χ3v) is 3.54. The van der Waals surface area contributed by atoms with Gasteiger partial charge in [0.25, 0.3) is 6.47 Å². The van der Waals surface area contributed by atoms with Gasteiger partial charge >= 0.3 is 6.18 Å². The van der Waals surface area contributed by atoms with Gasteiger partial charge in [-0.15, -0.1) is 0 Å². The molecule has 0 aliphatic heterocycles. The molecule has 0 radical (unpaired) electrons. The number of rotatable bonds is 8. The van der Waals surface area contributed by atoms with Gasteiger partial charge in [0.2, 0.25) is 0 Å². The molecule has 0 fully saturated rings. The van der Waals surface area contributed by atoms with Crippen LogP contribution in [0.5, 0.6) is 0 Å². The van der Waals surface area contributed by atoms with E-state index in [2.05, 4.69) is 9.46 Å². The Morgan fingerprint density at radius 3 is 2.57 bits per heavy atom. The fourth-order valence-electron chi connectivity index (χ4n) is 1.40. The average Bonchev–Trinajstić information content (AvgIpc) is 2.40. The predicted octanol–water partition coefficient (Wildman–Crippen LogP) is 3.20. The highest BCUT2D eigenvalue weighted by Crippen LogP contribution is 2.34. The van der Waals surface area contributed by atoms with Crippen molar-refractivity contribution in [2.75, 3.05) is 20.2 Å². The number of carbonyl (C=O) groups is 1. The largest absolute Gasteiger partial charge is 0.466 e. The van der Waals surface area contributed by atoms with Crippen LogP contribution in [0.25, 0.3) is 0 Å². The van der Waals surface area contributed by atoms with E-state index in [-0.39, 0.29) is 18.6 Å². The van der Waals surface area contributed by atoms with Gasteiger partial charge in [0.15, 0.2) is 0 Å². The van der Waals surface area contributed by atoms with E-state index < -0.39 is 12.2 Å². The van der Waals surface area contributed by atoms with Crippen LogP contribution in [0.2, 0.25) is 5.02 Å². The lowest BCUT2D eigenvalue weighted by atomic mass is 10.1. The first-order chi connectivity index (χ1) is 9.84. The van der Waals surface area contributed by atoms with Crippen LogP contribution in [-0.2, 0) is 9.53 Å². The van der Waals surface area contributed by atoms with Gasteiger partial charge in [-0.25, -0.2) is 9.03 Å². The maximum Gasteiger partial charge on any atom is 0.408 e. The lowest BCUT2D eigenvalue weighted by Gasteiger charge is -2.24. The molecule has 0 spiro atoms. The van der Waals surface area contributed by atoms with Gasteiger partial charge in [-0.2, -0.15) is 13.2 Å². The van der Waals surface area contributed by atoms with Gasteiger partial charge < -0.3 is 4.74 Å². The molecule has 0 aliphatic rings. The maximum absolute atomic E-state index is 13.1. The van der Waals surface area contributed by atoms with Gasteiger partial charge in [-0.1, -0.05) is 23.7 Å². The monoisotopic (exact) mass is 342 g/mol. The van der Waals surface area contributed by atoms with Crippen molar-refractivity contribution in [3.63, 3.8) is 0 Å². The Morgan fingerprint density at radius 2 is 2.05 bits per heavy atom. The molecule has 0 heterocycles. The molecule has 1 rings (SSSR count). The molecule has 1 N–H and O–H groups in total. The first-order valence-electron chi connectivity index (χ1n) is 5.85. The van der Waals surface area contributed by atoms with Gasteiger partial charge in [0.1, 0.15) is 12.6 Å². The molecule has 1 aromatic rings. The van der Waals surface area contributed by atoms with Crippen molar-refractivity contribution in [1.29, 1.82) is 0 Å². The summed E-state index contributed by atoms with van der Waals surface area (Å²) in [5.74, 6) is 0. The van der Waals surface area contributed by atoms with Gasteiger partial charge in [0, 0.05) is 23.7 Å². The smallest absolute Gasteiger partial charge is 0.408 e. The van der Waals surface area contributed by atoms with E-state index in [0.29, 0.717) is 11.6 Å². The fraction of sp³-hybridized carbons (Fsp3) is 0.417. The Bertz CT molecular complexity index is 445. The molecule has 0 bridgehead atoms. The summed E-state index contributed by atoms with van der Waals surface area (Å²) in [5, 5.41) is 0.371. The predicted molar refractivity (Wildman–Crippen MR) is 75.6 cm³/mol. The SMILES string of the molecule is CN(CCOC=O)SNC(c1ccc(Cl)cc1)C(F)(F)F. The minimum atomic E-state index is -4.44. The second-order valence-electron chi connectivity index (χ2n) is 4.05.